The molecule has 1 atom stereocenters. The van der Waals surface area contributed by atoms with Gasteiger partial charge in [0.25, 0.3) is 5.72 Å². The zero-order valence-electron chi connectivity index (χ0n) is 16.9. The Morgan fingerprint density at radius 1 is 1.16 bits per heavy atom. The molecule has 2 aromatic carbocycles. The highest BCUT2D eigenvalue weighted by molar-refractivity contribution is 5.98. The van der Waals surface area contributed by atoms with E-state index in [1.165, 1.54) is 13.2 Å². The molecule has 3 aromatic rings. The number of benzene rings is 2. The molecule has 0 saturated carbocycles. The second kappa shape index (κ2) is 7.46. The topological polar surface area (TPSA) is 60.7 Å². The van der Waals surface area contributed by atoms with E-state index >= 15 is 0 Å². The lowest BCUT2D eigenvalue weighted by atomic mass is 9.96. The summed E-state index contributed by atoms with van der Waals surface area (Å²) in [4.78, 5) is 12.3. The number of esters is 1. The van der Waals surface area contributed by atoms with Crippen LogP contribution in [0.25, 0.3) is 16.5 Å². The Hall–Kier alpha value is -3.26. The van der Waals surface area contributed by atoms with Crippen LogP contribution in [0.1, 0.15) is 23.7 Å². The van der Waals surface area contributed by atoms with Gasteiger partial charge in [0.05, 0.1) is 31.3 Å². The van der Waals surface area contributed by atoms with E-state index in [1.54, 1.807) is 49.4 Å². The molecule has 0 aliphatic carbocycles. The summed E-state index contributed by atoms with van der Waals surface area (Å²) >= 11 is 0. The van der Waals surface area contributed by atoms with Crippen LogP contribution in [0.15, 0.2) is 54.6 Å². The number of hydrogen-bond acceptors (Lipinski definition) is 4. The van der Waals surface area contributed by atoms with Crippen molar-refractivity contribution in [2.24, 2.45) is 0 Å². The van der Waals surface area contributed by atoms with Crippen molar-refractivity contribution in [2.45, 2.75) is 25.2 Å². The number of fused-ring (bicyclic) bond motifs is 3. The van der Waals surface area contributed by atoms with Crippen molar-refractivity contribution in [1.82, 2.24) is 4.57 Å². The molecule has 0 amide bonds. The van der Waals surface area contributed by atoms with Crippen LogP contribution in [0.2, 0.25) is 0 Å². The van der Waals surface area contributed by atoms with Crippen molar-refractivity contribution < 1.29 is 32.5 Å². The van der Waals surface area contributed by atoms with Crippen LogP contribution in [0.3, 0.4) is 0 Å². The fourth-order valence-electron chi connectivity index (χ4n) is 4.03. The smallest absolute Gasteiger partial charge is 0.441 e. The number of nitrogens with zero attached hydrogens (tertiary/aromatic N) is 1. The lowest BCUT2D eigenvalue weighted by molar-refractivity contribution is -0.272. The Morgan fingerprint density at radius 2 is 1.90 bits per heavy atom. The summed E-state index contributed by atoms with van der Waals surface area (Å²) in [6.07, 6.45) is -4.44. The maximum atomic E-state index is 14.1. The molecule has 8 heteroatoms. The Bertz CT molecular complexity index is 1200. The maximum Gasteiger partial charge on any atom is 0.441 e. The standard InChI is InChI=1S/C23H20F3NO4/c1-3-31-20(28)12-17-16-9-4-5-10-19(16)27-21(17)18(13-22(27,29)23(24,25)26)14-7-6-8-15(11-14)30-2/h4-11,13,29H,3,12H2,1-2H3. The fraction of sp³-hybridized carbons (Fsp3) is 0.261. The van der Waals surface area contributed by atoms with Gasteiger partial charge in [-0.15, -0.1) is 0 Å². The minimum Gasteiger partial charge on any atom is -0.497 e. The maximum absolute atomic E-state index is 14.1. The van der Waals surface area contributed by atoms with Crippen LogP contribution >= 0.6 is 0 Å². The molecular weight excluding hydrogens is 411 g/mol. The molecule has 0 spiro atoms. The molecule has 2 heterocycles. The predicted molar refractivity (Wildman–Crippen MR) is 109 cm³/mol. The number of para-hydroxylation sites is 1. The van der Waals surface area contributed by atoms with Gasteiger partial charge in [-0.2, -0.15) is 13.2 Å². The summed E-state index contributed by atoms with van der Waals surface area (Å²) in [5.74, 6) is -0.107. The number of carbonyl (C=O) groups is 1. The third-order valence-corrected chi connectivity index (χ3v) is 5.35. The fourth-order valence-corrected chi connectivity index (χ4v) is 4.03. The number of aromatic nitrogens is 1. The summed E-state index contributed by atoms with van der Waals surface area (Å²) in [6.45, 7) is 1.81. The van der Waals surface area contributed by atoms with Crippen molar-refractivity contribution in [3.05, 3.63) is 71.4 Å². The zero-order valence-corrected chi connectivity index (χ0v) is 16.9. The van der Waals surface area contributed by atoms with Crippen LogP contribution in [0.4, 0.5) is 13.2 Å². The quantitative estimate of drug-likeness (QED) is 0.608. The van der Waals surface area contributed by atoms with Gasteiger partial charge in [-0.25, -0.2) is 0 Å². The van der Waals surface area contributed by atoms with Crippen molar-refractivity contribution in [2.75, 3.05) is 13.7 Å². The molecule has 4 rings (SSSR count). The molecule has 162 valence electrons. The average molecular weight is 431 g/mol. The van der Waals surface area contributed by atoms with Crippen LogP contribution in [-0.2, 0) is 21.7 Å². The van der Waals surface area contributed by atoms with Crippen molar-refractivity contribution in [1.29, 1.82) is 0 Å². The number of aliphatic hydroxyl groups is 1. The minimum atomic E-state index is -4.99. The molecule has 0 fully saturated rings. The molecule has 1 aromatic heterocycles. The van der Waals surface area contributed by atoms with Crippen molar-refractivity contribution in [3.63, 3.8) is 0 Å². The number of alkyl halides is 3. The van der Waals surface area contributed by atoms with E-state index in [0.717, 1.165) is 10.6 Å². The second-order valence-corrected chi connectivity index (χ2v) is 7.18. The van der Waals surface area contributed by atoms with Gasteiger partial charge in [-0.3, -0.25) is 4.79 Å². The van der Waals surface area contributed by atoms with Crippen molar-refractivity contribution >= 4 is 22.4 Å². The number of ether oxygens (including phenoxy) is 2. The van der Waals surface area contributed by atoms with Gasteiger partial charge in [0, 0.05) is 11.0 Å². The lowest BCUT2D eigenvalue weighted by Crippen LogP contribution is -2.44. The molecule has 0 saturated heterocycles. The van der Waals surface area contributed by atoms with Gasteiger partial charge < -0.3 is 19.1 Å². The lowest BCUT2D eigenvalue weighted by Gasteiger charge is -2.27. The Balaban J connectivity index is 2.05. The molecule has 0 bridgehead atoms. The van der Waals surface area contributed by atoms with Gasteiger partial charge in [0.1, 0.15) is 5.75 Å². The van der Waals surface area contributed by atoms with Gasteiger partial charge in [0.15, 0.2) is 0 Å². The van der Waals surface area contributed by atoms with E-state index in [-0.39, 0.29) is 29.8 Å². The third-order valence-electron chi connectivity index (χ3n) is 5.35. The van der Waals surface area contributed by atoms with Crippen LogP contribution < -0.4 is 4.74 Å². The number of hydrogen-bond donors (Lipinski definition) is 1. The van der Waals surface area contributed by atoms with Crippen molar-refractivity contribution in [3.8, 4) is 5.75 Å². The van der Waals surface area contributed by atoms with Crippen LogP contribution in [0.5, 0.6) is 5.75 Å². The van der Waals surface area contributed by atoms with E-state index in [2.05, 4.69) is 0 Å². The van der Waals surface area contributed by atoms with E-state index in [0.29, 0.717) is 22.3 Å². The molecule has 31 heavy (non-hydrogen) atoms. The molecule has 5 nitrogen and oxygen atoms in total. The molecule has 1 N–H and O–H groups in total. The summed E-state index contributed by atoms with van der Waals surface area (Å²) < 4.78 is 53.6. The number of rotatable bonds is 5. The van der Waals surface area contributed by atoms with Gasteiger partial charge in [-0.1, -0.05) is 30.3 Å². The first kappa shape index (κ1) is 21.0. The number of halogens is 3. The van der Waals surface area contributed by atoms with E-state index in [1.807, 2.05) is 0 Å². The minimum absolute atomic E-state index is 0.127. The Labute approximate surface area is 176 Å². The Kier molecular flexibility index (Phi) is 5.05. The summed E-state index contributed by atoms with van der Waals surface area (Å²) in [5, 5.41) is 11.3. The Morgan fingerprint density at radius 3 is 2.58 bits per heavy atom. The second-order valence-electron chi connectivity index (χ2n) is 7.18. The predicted octanol–water partition coefficient (Wildman–Crippen LogP) is 4.41. The van der Waals surface area contributed by atoms with Crippen LogP contribution in [-0.4, -0.2) is 35.5 Å². The number of methoxy groups -OCH3 is 1. The largest absolute Gasteiger partial charge is 0.497 e. The normalized spacial score (nSPS) is 18.1. The van der Waals surface area contributed by atoms with Gasteiger partial charge >= 0.3 is 12.1 Å². The molecule has 0 radical (unpaired) electrons. The zero-order chi connectivity index (χ0) is 22.4. The average Bonchev–Trinajstić information content (AvgIpc) is 3.23. The summed E-state index contributed by atoms with van der Waals surface area (Å²) in [6, 6.07) is 12.9. The molecule has 1 aliphatic rings. The highest BCUT2D eigenvalue weighted by atomic mass is 19.4. The molecule has 1 aliphatic heterocycles. The summed E-state index contributed by atoms with van der Waals surface area (Å²) in [5.41, 5.74) is -2.02. The highest BCUT2D eigenvalue weighted by Gasteiger charge is 2.58. The van der Waals surface area contributed by atoms with E-state index < -0.39 is 17.9 Å². The summed E-state index contributed by atoms with van der Waals surface area (Å²) in [7, 11) is 1.46. The first-order valence-corrected chi connectivity index (χ1v) is 9.66. The van der Waals surface area contributed by atoms with Gasteiger partial charge in [0.2, 0.25) is 0 Å². The SMILES string of the molecule is CCOC(=O)Cc1c2n(c3ccccc13)C(O)(C(F)(F)F)C=C2c1cccc(OC)c1. The first-order chi connectivity index (χ1) is 14.7. The van der Waals surface area contributed by atoms with E-state index in [9.17, 15) is 23.1 Å². The molecule has 1 unspecified atom stereocenters. The van der Waals surface area contributed by atoms with E-state index in [4.69, 9.17) is 9.47 Å². The number of carbonyl (C=O) groups excluding carboxylic acids is 1. The van der Waals surface area contributed by atoms with Gasteiger partial charge in [-0.05, 0) is 42.3 Å². The monoisotopic (exact) mass is 431 g/mol. The molecular formula is C23H20F3NO4. The highest BCUT2D eigenvalue weighted by Crippen LogP contribution is 2.50. The third kappa shape index (κ3) is 3.27. The van der Waals surface area contributed by atoms with Crippen LogP contribution in [0, 0.1) is 0 Å². The first-order valence-electron chi connectivity index (χ1n) is 9.66.